The molecule has 1 fully saturated rings. The zero-order valence-corrected chi connectivity index (χ0v) is 11.6. The number of carbonyl (C=O) groups is 1. The largest absolute Gasteiger partial charge is 0.368 e. The molecular weight excluding hydrogens is 240 g/mol. The summed E-state index contributed by atoms with van der Waals surface area (Å²) in [5.41, 5.74) is 5.79. The fourth-order valence-electron chi connectivity index (χ4n) is 2.50. The van der Waals surface area contributed by atoms with Crippen molar-refractivity contribution in [2.45, 2.75) is 32.7 Å². The highest BCUT2D eigenvalue weighted by Gasteiger charge is 2.31. The topological polar surface area (TPSA) is 80.0 Å². The Hall–Kier alpha value is -1.62. The first-order valence-corrected chi connectivity index (χ1v) is 6.73. The van der Waals surface area contributed by atoms with Gasteiger partial charge >= 0.3 is 0 Å². The summed E-state index contributed by atoms with van der Waals surface area (Å²) in [5, 5.41) is 6.82. The van der Waals surface area contributed by atoms with Gasteiger partial charge in [-0.2, -0.15) is 0 Å². The first-order valence-electron chi connectivity index (χ1n) is 6.73. The van der Waals surface area contributed by atoms with Gasteiger partial charge in [-0.25, -0.2) is 4.98 Å². The highest BCUT2D eigenvalue weighted by Crippen LogP contribution is 2.30. The molecule has 2 rings (SSSR count). The van der Waals surface area contributed by atoms with Crippen molar-refractivity contribution in [3.63, 3.8) is 0 Å². The smallest absolute Gasteiger partial charge is 0.267 e. The van der Waals surface area contributed by atoms with Crippen molar-refractivity contribution < 1.29 is 4.79 Å². The molecule has 1 aromatic heterocycles. The Bertz CT molecular complexity index is 459. The van der Waals surface area contributed by atoms with Crippen molar-refractivity contribution in [1.82, 2.24) is 10.3 Å². The molecule has 2 heterocycles. The number of carbonyl (C=O) groups excluding carboxylic acids is 1. The van der Waals surface area contributed by atoms with Gasteiger partial charge in [-0.3, -0.25) is 4.79 Å². The lowest BCUT2D eigenvalue weighted by molar-refractivity contribution is 0.0995. The van der Waals surface area contributed by atoms with Crippen LogP contribution in [-0.2, 0) is 0 Å². The van der Waals surface area contributed by atoms with Crippen molar-refractivity contribution in [2.75, 3.05) is 18.4 Å². The van der Waals surface area contributed by atoms with Crippen LogP contribution >= 0.6 is 0 Å². The average molecular weight is 262 g/mol. The van der Waals surface area contributed by atoms with Crippen LogP contribution in [0.1, 0.15) is 37.2 Å². The van der Waals surface area contributed by atoms with E-state index in [1.165, 1.54) is 12.8 Å². The Kier molecular flexibility index (Phi) is 4.04. The minimum Gasteiger partial charge on any atom is -0.368 e. The molecule has 5 nitrogen and oxygen atoms in total. The van der Waals surface area contributed by atoms with Crippen molar-refractivity contribution >= 4 is 11.7 Å². The van der Waals surface area contributed by atoms with Crippen LogP contribution < -0.4 is 16.4 Å². The van der Waals surface area contributed by atoms with Gasteiger partial charge in [-0.1, -0.05) is 19.9 Å². The summed E-state index contributed by atoms with van der Waals surface area (Å²) in [6.07, 6.45) is 2.44. The lowest BCUT2D eigenvalue weighted by Crippen LogP contribution is -2.50. The molecule has 0 aliphatic carbocycles. The lowest BCUT2D eigenvalue weighted by atomic mass is 9.77. The highest BCUT2D eigenvalue weighted by molar-refractivity contribution is 5.91. The van der Waals surface area contributed by atoms with Crippen molar-refractivity contribution in [3.05, 3.63) is 23.9 Å². The molecule has 0 spiro atoms. The molecule has 1 amide bonds. The number of primary amides is 1. The molecule has 4 N–H and O–H groups in total. The maximum atomic E-state index is 11.1. The van der Waals surface area contributed by atoms with Gasteiger partial charge in [-0.15, -0.1) is 0 Å². The van der Waals surface area contributed by atoms with Crippen molar-refractivity contribution in [1.29, 1.82) is 0 Å². The van der Waals surface area contributed by atoms with Crippen LogP contribution in [0.2, 0.25) is 0 Å². The summed E-state index contributed by atoms with van der Waals surface area (Å²) in [6, 6.07) is 5.66. The standard InChI is InChI=1S/C14H22N4O/c1-14(2)7-4-8-16-11(14)9-17-12-6-3-5-10(18-12)13(15)19/h3,5-6,11,16H,4,7-9H2,1-2H3,(H2,15,19)(H,17,18). The second kappa shape index (κ2) is 5.57. The average Bonchev–Trinajstić information content (AvgIpc) is 2.37. The van der Waals surface area contributed by atoms with Gasteiger partial charge in [0.15, 0.2) is 0 Å². The number of aromatic nitrogens is 1. The summed E-state index contributed by atoms with van der Waals surface area (Å²) in [7, 11) is 0. The Morgan fingerprint density at radius 3 is 3.05 bits per heavy atom. The molecule has 1 unspecified atom stereocenters. The van der Waals surface area contributed by atoms with E-state index in [1.807, 2.05) is 6.07 Å². The van der Waals surface area contributed by atoms with Crippen LogP contribution in [0.3, 0.4) is 0 Å². The molecule has 1 aliphatic heterocycles. The van der Waals surface area contributed by atoms with Crippen LogP contribution in [0.5, 0.6) is 0 Å². The van der Waals surface area contributed by atoms with Gasteiger partial charge in [0.05, 0.1) is 0 Å². The summed E-state index contributed by atoms with van der Waals surface area (Å²) in [4.78, 5) is 15.3. The summed E-state index contributed by atoms with van der Waals surface area (Å²) >= 11 is 0. The van der Waals surface area contributed by atoms with Gasteiger partial charge in [0, 0.05) is 12.6 Å². The van der Waals surface area contributed by atoms with Gasteiger partial charge in [0.1, 0.15) is 11.5 Å². The number of piperidine rings is 1. The first kappa shape index (κ1) is 13.8. The van der Waals surface area contributed by atoms with Crippen molar-refractivity contribution in [2.24, 2.45) is 11.1 Å². The van der Waals surface area contributed by atoms with Crippen molar-refractivity contribution in [3.8, 4) is 0 Å². The molecule has 1 saturated heterocycles. The third-order valence-electron chi connectivity index (χ3n) is 3.82. The van der Waals surface area contributed by atoms with Crippen LogP contribution in [0.15, 0.2) is 18.2 Å². The number of anilines is 1. The zero-order valence-electron chi connectivity index (χ0n) is 11.6. The molecule has 0 saturated carbocycles. The molecule has 0 radical (unpaired) electrons. The molecular formula is C14H22N4O. The number of amides is 1. The second-order valence-electron chi connectivity index (χ2n) is 5.75. The molecule has 5 heteroatoms. The van der Waals surface area contributed by atoms with Crippen LogP contribution in [0, 0.1) is 5.41 Å². The van der Waals surface area contributed by atoms with Crippen LogP contribution in [-0.4, -0.2) is 30.0 Å². The molecule has 19 heavy (non-hydrogen) atoms. The lowest BCUT2D eigenvalue weighted by Gasteiger charge is -2.39. The van der Waals surface area contributed by atoms with E-state index in [0.29, 0.717) is 17.6 Å². The van der Waals surface area contributed by atoms with E-state index >= 15 is 0 Å². The summed E-state index contributed by atoms with van der Waals surface area (Å²) in [5.74, 6) is 0.194. The number of hydrogen-bond donors (Lipinski definition) is 3. The quantitative estimate of drug-likeness (QED) is 0.765. The maximum Gasteiger partial charge on any atom is 0.267 e. The Morgan fingerprint density at radius 2 is 2.37 bits per heavy atom. The van der Waals surface area contributed by atoms with Gasteiger partial charge < -0.3 is 16.4 Å². The number of rotatable bonds is 4. The Balaban J connectivity index is 1.98. The third-order valence-corrected chi connectivity index (χ3v) is 3.82. The summed E-state index contributed by atoms with van der Waals surface area (Å²) < 4.78 is 0. The first-order chi connectivity index (χ1) is 8.99. The van der Waals surface area contributed by atoms with E-state index < -0.39 is 5.91 Å². The van der Waals surface area contributed by atoms with E-state index in [9.17, 15) is 4.79 Å². The van der Waals surface area contributed by atoms with Gasteiger partial charge in [-0.05, 0) is 36.9 Å². The van der Waals surface area contributed by atoms with Gasteiger partial charge in [0.25, 0.3) is 5.91 Å². The van der Waals surface area contributed by atoms with Crippen LogP contribution in [0.25, 0.3) is 0 Å². The minimum absolute atomic E-state index is 0.270. The van der Waals surface area contributed by atoms with E-state index in [2.05, 4.69) is 29.5 Å². The molecule has 0 aromatic carbocycles. The zero-order chi connectivity index (χ0) is 13.9. The number of hydrogen-bond acceptors (Lipinski definition) is 4. The van der Waals surface area contributed by atoms with Gasteiger partial charge in [0.2, 0.25) is 0 Å². The number of nitrogens with one attached hydrogen (secondary N) is 2. The number of nitrogens with zero attached hydrogens (tertiary/aromatic N) is 1. The summed E-state index contributed by atoms with van der Waals surface area (Å²) in [6.45, 7) is 6.41. The molecule has 1 aliphatic rings. The minimum atomic E-state index is -0.500. The van der Waals surface area contributed by atoms with E-state index in [1.54, 1.807) is 12.1 Å². The van der Waals surface area contributed by atoms with E-state index in [0.717, 1.165) is 13.1 Å². The Morgan fingerprint density at radius 1 is 1.58 bits per heavy atom. The monoisotopic (exact) mass is 262 g/mol. The van der Waals surface area contributed by atoms with E-state index in [-0.39, 0.29) is 5.41 Å². The normalized spacial score (nSPS) is 21.9. The fourth-order valence-corrected chi connectivity index (χ4v) is 2.50. The number of nitrogens with two attached hydrogens (primary N) is 1. The molecule has 1 atom stereocenters. The molecule has 1 aromatic rings. The van der Waals surface area contributed by atoms with E-state index in [4.69, 9.17) is 5.73 Å². The highest BCUT2D eigenvalue weighted by atomic mass is 16.1. The van der Waals surface area contributed by atoms with Crippen LogP contribution in [0.4, 0.5) is 5.82 Å². The fraction of sp³-hybridized carbons (Fsp3) is 0.571. The predicted octanol–water partition coefficient (Wildman–Crippen LogP) is 1.37. The predicted molar refractivity (Wildman–Crippen MR) is 76.1 cm³/mol. The second-order valence-corrected chi connectivity index (χ2v) is 5.75. The third kappa shape index (κ3) is 3.44. The SMILES string of the molecule is CC1(C)CCCNC1CNc1cccc(C(N)=O)n1. The number of pyridine rings is 1. The molecule has 0 bridgehead atoms. The Labute approximate surface area is 114 Å². The molecule has 104 valence electrons. The maximum absolute atomic E-state index is 11.1.